The van der Waals surface area contributed by atoms with Crippen molar-refractivity contribution in [2.24, 2.45) is 4.99 Å². The van der Waals surface area contributed by atoms with Crippen molar-refractivity contribution < 1.29 is 14.3 Å². The molecule has 0 fully saturated rings. The first-order chi connectivity index (χ1) is 14.3. The Labute approximate surface area is 202 Å². The number of nitrogens with zero attached hydrogens (tertiary/aromatic N) is 1. The standard InChI is InChI=1S/C23H32N4O3.HI/c1-23(2,3)30-22(28)27-19-12-10-17(11-13-19)14-15-25-21(24-4)26-16-18-8-6-7-9-20(18)29-5;/h6-13H,14-16H2,1-5H3,(H,27,28)(H2,24,25,26);1H. The molecule has 1 amide bonds. The molecule has 0 atom stereocenters. The zero-order valence-electron chi connectivity index (χ0n) is 18.8. The number of hydrogen-bond donors (Lipinski definition) is 3. The maximum Gasteiger partial charge on any atom is 0.412 e. The van der Waals surface area contributed by atoms with E-state index in [2.05, 4.69) is 20.9 Å². The van der Waals surface area contributed by atoms with Gasteiger partial charge in [0.1, 0.15) is 11.4 Å². The number of para-hydroxylation sites is 1. The summed E-state index contributed by atoms with van der Waals surface area (Å²) in [7, 11) is 3.41. The van der Waals surface area contributed by atoms with Crippen LogP contribution in [0.1, 0.15) is 31.9 Å². The molecular formula is C23H33IN4O3. The van der Waals surface area contributed by atoms with Gasteiger partial charge in [0.2, 0.25) is 0 Å². The van der Waals surface area contributed by atoms with Crippen molar-refractivity contribution in [3.05, 3.63) is 59.7 Å². The quantitative estimate of drug-likeness (QED) is 0.272. The predicted octanol–water partition coefficient (Wildman–Crippen LogP) is 4.57. The van der Waals surface area contributed by atoms with E-state index in [0.717, 1.165) is 35.8 Å². The number of aliphatic imine (C=N–C) groups is 1. The number of nitrogens with one attached hydrogen (secondary N) is 3. The number of ether oxygens (including phenoxy) is 2. The molecule has 0 aliphatic heterocycles. The van der Waals surface area contributed by atoms with Gasteiger partial charge in [-0.1, -0.05) is 30.3 Å². The van der Waals surface area contributed by atoms with E-state index in [0.29, 0.717) is 12.2 Å². The number of methoxy groups -OCH3 is 1. The summed E-state index contributed by atoms with van der Waals surface area (Å²) >= 11 is 0. The monoisotopic (exact) mass is 540 g/mol. The SMILES string of the molecule is CN=C(NCCc1ccc(NC(=O)OC(C)(C)C)cc1)NCc1ccccc1OC.I. The zero-order valence-corrected chi connectivity index (χ0v) is 21.2. The molecule has 2 aromatic carbocycles. The van der Waals surface area contributed by atoms with E-state index < -0.39 is 11.7 Å². The van der Waals surface area contributed by atoms with Crippen LogP contribution in [0.5, 0.6) is 5.75 Å². The lowest BCUT2D eigenvalue weighted by Crippen LogP contribution is -2.37. The van der Waals surface area contributed by atoms with Crippen molar-refractivity contribution >= 4 is 41.7 Å². The van der Waals surface area contributed by atoms with E-state index in [9.17, 15) is 4.79 Å². The molecule has 2 aromatic rings. The average molecular weight is 540 g/mol. The molecule has 0 aliphatic carbocycles. The van der Waals surface area contributed by atoms with Crippen molar-refractivity contribution in [3.8, 4) is 5.75 Å². The van der Waals surface area contributed by atoms with Crippen LogP contribution in [-0.2, 0) is 17.7 Å². The van der Waals surface area contributed by atoms with Crippen molar-refractivity contribution in [2.75, 3.05) is 26.0 Å². The fourth-order valence-corrected chi connectivity index (χ4v) is 2.75. The zero-order chi connectivity index (χ0) is 22.0. The number of amides is 1. The van der Waals surface area contributed by atoms with E-state index >= 15 is 0 Å². The van der Waals surface area contributed by atoms with Gasteiger partial charge >= 0.3 is 6.09 Å². The second-order valence-electron chi connectivity index (χ2n) is 7.74. The summed E-state index contributed by atoms with van der Waals surface area (Å²) < 4.78 is 10.6. The largest absolute Gasteiger partial charge is 0.496 e. The van der Waals surface area contributed by atoms with Crippen molar-refractivity contribution in [3.63, 3.8) is 0 Å². The maximum atomic E-state index is 11.8. The van der Waals surface area contributed by atoms with Crippen LogP contribution >= 0.6 is 24.0 Å². The number of hydrogen-bond acceptors (Lipinski definition) is 4. The Morgan fingerprint density at radius 3 is 2.32 bits per heavy atom. The van der Waals surface area contributed by atoms with Gasteiger partial charge < -0.3 is 20.1 Å². The molecule has 2 rings (SSSR count). The minimum absolute atomic E-state index is 0. The summed E-state index contributed by atoms with van der Waals surface area (Å²) in [4.78, 5) is 16.1. The lowest BCUT2D eigenvalue weighted by Gasteiger charge is -2.19. The predicted molar refractivity (Wildman–Crippen MR) is 137 cm³/mol. The van der Waals surface area contributed by atoms with Gasteiger partial charge in [-0.25, -0.2) is 4.79 Å². The molecule has 0 aromatic heterocycles. The molecule has 0 spiro atoms. The fourth-order valence-electron chi connectivity index (χ4n) is 2.75. The molecular weight excluding hydrogens is 507 g/mol. The Hall–Kier alpha value is -2.49. The first kappa shape index (κ1) is 26.5. The number of guanidine groups is 1. The van der Waals surface area contributed by atoms with E-state index in [1.54, 1.807) is 14.2 Å². The fraction of sp³-hybridized carbons (Fsp3) is 0.391. The molecule has 0 saturated heterocycles. The van der Waals surface area contributed by atoms with Crippen LogP contribution in [0.4, 0.5) is 10.5 Å². The number of carbonyl (C=O) groups excluding carboxylic acids is 1. The third-order valence-electron chi connectivity index (χ3n) is 4.17. The second-order valence-corrected chi connectivity index (χ2v) is 7.74. The topological polar surface area (TPSA) is 84.0 Å². The van der Waals surface area contributed by atoms with Crippen LogP contribution in [0, 0.1) is 0 Å². The molecule has 0 unspecified atom stereocenters. The Morgan fingerprint density at radius 2 is 1.71 bits per heavy atom. The number of anilines is 1. The van der Waals surface area contributed by atoms with E-state index in [4.69, 9.17) is 9.47 Å². The highest BCUT2D eigenvalue weighted by Gasteiger charge is 2.16. The Morgan fingerprint density at radius 1 is 1.03 bits per heavy atom. The van der Waals surface area contributed by atoms with Gasteiger partial charge in [0.05, 0.1) is 7.11 Å². The van der Waals surface area contributed by atoms with Gasteiger partial charge in [0, 0.05) is 31.4 Å². The molecule has 7 nitrogen and oxygen atoms in total. The molecule has 0 radical (unpaired) electrons. The van der Waals surface area contributed by atoms with Crippen LogP contribution in [0.15, 0.2) is 53.5 Å². The molecule has 170 valence electrons. The smallest absolute Gasteiger partial charge is 0.412 e. The van der Waals surface area contributed by atoms with Crippen LogP contribution in [-0.4, -0.2) is 38.4 Å². The number of rotatable bonds is 7. The summed E-state index contributed by atoms with van der Waals surface area (Å²) in [6.07, 6.45) is 0.365. The van der Waals surface area contributed by atoms with E-state index in [1.807, 2.05) is 69.3 Å². The molecule has 3 N–H and O–H groups in total. The molecule has 0 bridgehead atoms. The number of carbonyl (C=O) groups is 1. The van der Waals surface area contributed by atoms with Gasteiger partial charge in [0.25, 0.3) is 0 Å². The highest BCUT2D eigenvalue weighted by Crippen LogP contribution is 2.16. The van der Waals surface area contributed by atoms with Gasteiger partial charge in [-0.3, -0.25) is 10.3 Å². The summed E-state index contributed by atoms with van der Waals surface area (Å²) in [5.41, 5.74) is 2.40. The van der Waals surface area contributed by atoms with Crippen molar-refractivity contribution in [1.82, 2.24) is 10.6 Å². The van der Waals surface area contributed by atoms with Crippen LogP contribution in [0.3, 0.4) is 0 Å². The molecule has 0 heterocycles. The molecule has 31 heavy (non-hydrogen) atoms. The van der Waals surface area contributed by atoms with Gasteiger partial charge in [-0.05, 0) is 51.0 Å². The van der Waals surface area contributed by atoms with Crippen LogP contribution in [0.25, 0.3) is 0 Å². The second kappa shape index (κ2) is 13.0. The summed E-state index contributed by atoms with van der Waals surface area (Å²) in [5, 5.41) is 9.33. The molecule has 0 saturated carbocycles. The first-order valence-electron chi connectivity index (χ1n) is 9.96. The molecule has 0 aliphatic rings. The highest BCUT2D eigenvalue weighted by molar-refractivity contribution is 14.0. The Bertz CT molecular complexity index is 849. The molecule has 8 heteroatoms. The number of halogens is 1. The first-order valence-corrected chi connectivity index (χ1v) is 9.96. The third kappa shape index (κ3) is 9.91. The summed E-state index contributed by atoms with van der Waals surface area (Å²) in [6.45, 7) is 6.85. The summed E-state index contributed by atoms with van der Waals surface area (Å²) in [5.74, 6) is 1.57. The van der Waals surface area contributed by atoms with Crippen LogP contribution < -0.4 is 20.7 Å². The minimum Gasteiger partial charge on any atom is -0.496 e. The lowest BCUT2D eigenvalue weighted by atomic mass is 10.1. The normalized spacial score (nSPS) is 11.2. The number of benzene rings is 2. The summed E-state index contributed by atoms with van der Waals surface area (Å²) in [6, 6.07) is 15.6. The van der Waals surface area contributed by atoms with Crippen molar-refractivity contribution in [1.29, 1.82) is 0 Å². The van der Waals surface area contributed by atoms with Crippen molar-refractivity contribution in [2.45, 2.75) is 39.3 Å². The average Bonchev–Trinajstić information content (AvgIpc) is 2.70. The van der Waals surface area contributed by atoms with Gasteiger partial charge in [-0.15, -0.1) is 24.0 Å². The lowest BCUT2D eigenvalue weighted by molar-refractivity contribution is 0.0636. The highest BCUT2D eigenvalue weighted by atomic mass is 127. The van der Waals surface area contributed by atoms with Crippen LogP contribution in [0.2, 0.25) is 0 Å². The Kier molecular flexibility index (Phi) is 11.2. The van der Waals surface area contributed by atoms with E-state index in [-0.39, 0.29) is 24.0 Å². The maximum absolute atomic E-state index is 11.8. The minimum atomic E-state index is -0.520. The third-order valence-corrected chi connectivity index (χ3v) is 4.17. The Balaban J connectivity index is 0.00000480. The van der Waals surface area contributed by atoms with Gasteiger partial charge in [-0.2, -0.15) is 0 Å². The van der Waals surface area contributed by atoms with Gasteiger partial charge in [0.15, 0.2) is 5.96 Å². The van der Waals surface area contributed by atoms with E-state index in [1.165, 1.54) is 0 Å².